The van der Waals surface area contributed by atoms with Gasteiger partial charge in [0.2, 0.25) is 0 Å². The highest BCUT2D eigenvalue weighted by Gasteiger charge is 2.22. The molecule has 0 unspecified atom stereocenters. The van der Waals surface area contributed by atoms with Gasteiger partial charge in [-0.1, -0.05) is 42.0 Å². The van der Waals surface area contributed by atoms with Gasteiger partial charge in [0.15, 0.2) is 0 Å². The summed E-state index contributed by atoms with van der Waals surface area (Å²) >= 11 is 1.53. The quantitative estimate of drug-likeness (QED) is 0.603. The lowest BCUT2D eigenvalue weighted by Gasteiger charge is -2.36. The van der Waals surface area contributed by atoms with E-state index in [4.69, 9.17) is 0 Å². The highest BCUT2D eigenvalue weighted by Crippen LogP contribution is 2.23. The summed E-state index contributed by atoms with van der Waals surface area (Å²) in [5.41, 5.74) is 4.25. The van der Waals surface area contributed by atoms with Gasteiger partial charge in [-0.3, -0.25) is 4.79 Å². The van der Waals surface area contributed by atoms with E-state index in [9.17, 15) is 4.79 Å². The first-order valence-electron chi connectivity index (χ1n) is 9.88. The van der Waals surface area contributed by atoms with Gasteiger partial charge in [0.1, 0.15) is 0 Å². The molecule has 0 aliphatic carbocycles. The second kappa shape index (κ2) is 9.05. The molecular formula is C24H25N3OS. The molecule has 1 aliphatic heterocycles. The number of nitrogens with zero attached hydrogens (tertiary/aromatic N) is 2. The molecule has 29 heavy (non-hydrogen) atoms. The van der Waals surface area contributed by atoms with Gasteiger partial charge in [-0.2, -0.15) is 0 Å². The van der Waals surface area contributed by atoms with Gasteiger partial charge in [-0.15, -0.1) is 0 Å². The maximum atomic E-state index is 13.0. The molecule has 0 radical (unpaired) electrons. The number of amides is 1. The highest BCUT2D eigenvalue weighted by atomic mass is 32.2. The Morgan fingerprint density at radius 1 is 0.862 bits per heavy atom. The maximum Gasteiger partial charge on any atom is 0.254 e. The van der Waals surface area contributed by atoms with Crippen molar-refractivity contribution in [3.05, 3.63) is 90.0 Å². The largest absolute Gasteiger partial charge is 0.368 e. The van der Waals surface area contributed by atoms with Crippen LogP contribution in [0.4, 0.5) is 11.4 Å². The van der Waals surface area contributed by atoms with Gasteiger partial charge in [0.25, 0.3) is 5.91 Å². The fourth-order valence-electron chi connectivity index (χ4n) is 3.42. The predicted molar refractivity (Wildman–Crippen MR) is 122 cm³/mol. The summed E-state index contributed by atoms with van der Waals surface area (Å²) < 4.78 is 3.34. The molecule has 1 heterocycles. The lowest BCUT2D eigenvalue weighted by atomic mass is 10.1. The van der Waals surface area contributed by atoms with Crippen LogP contribution < -0.4 is 9.62 Å². The normalized spacial score (nSPS) is 14.0. The number of benzene rings is 3. The average molecular weight is 404 g/mol. The molecule has 4 nitrogen and oxygen atoms in total. The molecule has 1 aliphatic rings. The Morgan fingerprint density at radius 2 is 1.59 bits per heavy atom. The van der Waals surface area contributed by atoms with Crippen LogP contribution in [0.5, 0.6) is 0 Å². The standard InChI is InChI=1S/C24H25N3OS/c1-19-10-12-21(13-11-19)25-29-23-9-5-6-20(18-23)24(28)27-16-14-26(15-17-27)22-7-3-2-4-8-22/h2-13,18,25H,14-17H2,1H3. The minimum atomic E-state index is 0.107. The third-order valence-electron chi connectivity index (χ3n) is 5.11. The van der Waals surface area contributed by atoms with Crippen molar-refractivity contribution in [3.8, 4) is 0 Å². The smallest absolute Gasteiger partial charge is 0.254 e. The SMILES string of the molecule is Cc1ccc(NSc2cccc(C(=O)N3CCN(c4ccccc4)CC3)c2)cc1. The molecule has 1 saturated heterocycles. The van der Waals surface area contributed by atoms with Crippen LogP contribution in [-0.2, 0) is 0 Å². The molecule has 0 aromatic heterocycles. The number of hydrogen-bond acceptors (Lipinski definition) is 4. The molecule has 1 N–H and O–H groups in total. The fraction of sp³-hybridized carbons (Fsp3) is 0.208. The molecular weight excluding hydrogens is 378 g/mol. The molecule has 1 fully saturated rings. The number of piperazine rings is 1. The monoisotopic (exact) mass is 403 g/mol. The first-order chi connectivity index (χ1) is 14.2. The van der Waals surface area contributed by atoms with Crippen molar-refractivity contribution in [2.24, 2.45) is 0 Å². The van der Waals surface area contributed by atoms with E-state index in [0.717, 1.165) is 42.3 Å². The van der Waals surface area contributed by atoms with E-state index in [0.29, 0.717) is 0 Å². The third-order valence-corrected chi connectivity index (χ3v) is 5.93. The van der Waals surface area contributed by atoms with Crippen molar-refractivity contribution in [1.82, 2.24) is 4.90 Å². The van der Waals surface area contributed by atoms with E-state index in [1.807, 2.05) is 35.2 Å². The third kappa shape index (κ3) is 4.93. The van der Waals surface area contributed by atoms with Gasteiger partial charge in [0, 0.05) is 48.0 Å². The van der Waals surface area contributed by atoms with Gasteiger partial charge in [0.05, 0.1) is 0 Å². The molecule has 0 bridgehead atoms. The number of anilines is 2. The van der Waals surface area contributed by atoms with Gasteiger partial charge in [-0.25, -0.2) is 0 Å². The molecule has 4 rings (SSSR count). The average Bonchev–Trinajstić information content (AvgIpc) is 2.79. The first-order valence-corrected chi connectivity index (χ1v) is 10.7. The lowest BCUT2D eigenvalue weighted by Crippen LogP contribution is -2.48. The minimum Gasteiger partial charge on any atom is -0.368 e. The number of carbonyl (C=O) groups is 1. The predicted octanol–water partition coefficient (Wildman–Crippen LogP) is 5.08. The van der Waals surface area contributed by atoms with Crippen LogP contribution in [0.15, 0.2) is 83.8 Å². The van der Waals surface area contributed by atoms with Crippen molar-refractivity contribution in [2.75, 3.05) is 35.8 Å². The van der Waals surface area contributed by atoms with E-state index in [1.165, 1.54) is 23.2 Å². The Labute approximate surface area is 176 Å². The zero-order chi connectivity index (χ0) is 20.1. The first kappa shape index (κ1) is 19.4. The topological polar surface area (TPSA) is 35.6 Å². The maximum absolute atomic E-state index is 13.0. The second-order valence-corrected chi connectivity index (χ2v) is 8.09. The Bertz CT molecular complexity index is 951. The molecule has 148 valence electrons. The number of nitrogens with one attached hydrogen (secondary N) is 1. The Balaban J connectivity index is 1.35. The van der Waals surface area contributed by atoms with Crippen LogP contribution in [0, 0.1) is 6.92 Å². The lowest BCUT2D eigenvalue weighted by molar-refractivity contribution is 0.0746. The highest BCUT2D eigenvalue weighted by molar-refractivity contribution is 8.00. The number of rotatable bonds is 5. The summed E-state index contributed by atoms with van der Waals surface area (Å²) in [7, 11) is 0. The molecule has 0 saturated carbocycles. The van der Waals surface area contributed by atoms with Crippen molar-refractivity contribution >= 4 is 29.2 Å². The Hall–Kier alpha value is -2.92. The number of aryl methyl sites for hydroxylation is 1. The van der Waals surface area contributed by atoms with E-state index >= 15 is 0 Å². The van der Waals surface area contributed by atoms with E-state index < -0.39 is 0 Å². The van der Waals surface area contributed by atoms with Crippen LogP contribution in [0.25, 0.3) is 0 Å². The minimum absolute atomic E-state index is 0.107. The van der Waals surface area contributed by atoms with Crippen molar-refractivity contribution in [2.45, 2.75) is 11.8 Å². The van der Waals surface area contributed by atoms with Gasteiger partial charge < -0.3 is 14.5 Å². The van der Waals surface area contributed by atoms with Crippen LogP contribution in [-0.4, -0.2) is 37.0 Å². The van der Waals surface area contributed by atoms with Crippen LogP contribution in [0.3, 0.4) is 0 Å². The van der Waals surface area contributed by atoms with Gasteiger partial charge >= 0.3 is 0 Å². The van der Waals surface area contributed by atoms with E-state index in [1.54, 1.807) is 0 Å². The van der Waals surface area contributed by atoms with Crippen molar-refractivity contribution in [3.63, 3.8) is 0 Å². The molecule has 1 amide bonds. The van der Waals surface area contributed by atoms with Crippen LogP contribution in [0.2, 0.25) is 0 Å². The summed E-state index contributed by atoms with van der Waals surface area (Å²) in [6, 6.07) is 26.5. The number of para-hydroxylation sites is 1. The molecule has 0 spiro atoms. The van der Waals surface area contributed by atoms with Crippen molar-refractivity contribution < 1.29 is 4.79 Å². The Kier molecular flexibility index (Phi) is 6.06. The summed E-state index contributed by atoms with van der Waals surface area (Å²) in [4.78, 5) is 18.3. The summed E-state index contributed by atoms with van der Waals surface area (Å²) in [5.74, 6) is 0.107. The second-order valence-electron chi connectivity index (χ2n) is 7.21. The number of carbonyl (C=O) groups excluding carboxylic acids is 1. The summed E-state index contributed by atoms with van der Waals surface area (Å²) in [5, 5.41) is 0. The van der Waals surface area contributed by atoms with E-state index in [-0.39, 0.29) is 5.91 Å². The zero-order valence-corrected chi connectivity index (χ0v) is 17.4. The molecule has 3 aromatic carbocycles. The Morgan fingerprint density at radius 3 is 2.31 bits per heavy atom. The van der Waals surface area contributed by atoms with E-state index in [2.05, 4.69) is 65.1 Å². The van der Waals surface area contributed by atoms with Gasteiger partial charge in [-0.05, 0) is 61.3 Å². The van der Waals surface area contributed by atoms with Crippen LogP contribution in [0.1, 0.15) is 15.9 Å². The zero-order valence-electron chi connectivity index (χ0n) is 16.5. The summed E-state index contributed by atoms with van der Waals surface area (Å²) in [6.07, 6.45) is 0. The van der Waals surface area contributed by atoms with Crippen molar-refractivity contribution in [1.29, 1.82) is 0 Å². The fourth-order valence-corrected chi connectivity index (χ4v) is 4.13. The number of hydrogen-bond donors (Lipinski definition) is 1. The molecule has 3 aromatic rings. The summed E-state index contributed by atoms with van der Waals surface area (Å²) in [6.45, 7) is 5.28. The molecule has 0 atom stereocenters. The molecule has 5 heteroatoms. The van der Waals surface area contributed by atoms with Crippen LogP contribution >= 0.6 is 11.9 Å².